The van der Waals surface area contributed by atoms with Crippen LogP contribution < -0.4 is 9.46 Å². The molecule has 0 saturated heterocycles. The summed E-state index contributed by atoms with van der Waals surface area (Å²) in [5, 5.41) is 5.52. The number of para-hydroxylation sites is 2. The molecule has 1 N–H and O–H groups in total. The molecule has 120 valence electrons. The lowest BCUT2D eigenvalue weighted by Crippen LogP contribution is -2.12. The van der Waals surface area contributed by atoms with Gasteiger partial charge in [-0.05, 0) is 25.1 Å². The van der Waals surface area contributed by atoms with Crippen LogP contribution in [0.1, 0.15) is 5.69 Å². The van der Waals surface area contributed by atoms with Crippen molar-refractivity contribution in [2.45, 2.75) is 11.1 Å². The minimum Gasteiger partial charge on any atom is -0.495 e. The Morgan fingerprint density at radius 1 is 1.26 bits per heavy atom. The Labute approximate surface area is 137 Å². The van der Waals surface area contributed by atoms with Crippen molar-refractivity contribution in [3.63, 3.8) is 0 Å². The summed E-state index contributed by atoms with van der Waals surface area (Å²) in [6.45, 7) is 1.81. The summed E-state index contributed by atoms with van der Waals surface area (Å²) in [6, 6.07) is 10.2. The van der Waals surface area contributed by atoms with Crippen molar-refractivity contribution in [3.8, 4) is 17.1 Å². The monoisotopic (exact) mass is 350 g/mol. The maximum atomic E-state index is 12.5. The van der Waals surface area contributed by atoms with Gasteiger partial charge in [-0.1, -0.05) is 17.3 Å². The van der Waals surface area contributed by atoms with E-state index in [0.717, 1.165) is 17.0 Å². The average molecular weight is 350 g/mol. The largest absolute Gasteiger partial charge is 0.495 e. The van der Waals surface area contributed by atoms with Crippen LogP contribution in [0.15, 0.2) is 50.5 Å². The molecule has 0 aliphatic rings. The second-order valence-corrected chi connectivity index (χ2v) is 7.61. The summed E-state index contributed by atoms with van der Waals surface area (Å²) in [7, 11) is -2.21. The molecule has 3 rings (SSSR count). The SMILES string of the molecule is COc1ccccc1NS(=O)(=O)c1cc(-c2cc(C)no2)cs1. The number of anilines is 1. The second kappa shape index (κ2) is 6.05. The van der Waals surface area contributed by atoms with Crippen molar-refractivity contribution in [2.75, 3.05) is 11.8 Å². The molecule has 6 nitrogen and oxygen atoms in total. The molecule has 0 atom stereocenters. The van der Waals surface area contributed by atoms with E-state index in [2.05, 4.69) is 9.88 Å². The molecule has 23 heavy (non-hydrogen) atoms. The predicted octanol–water partition coefficient (Wildman–Crippen LogP) is 3.52. The van der Waals surface area contributed by atoms with Crippen LogP contribution in [0.25, 0.3) is 11.3 Å². The van der Waals surface area contributed by atoms with E-state index < -0.39 is 10.0 Å². The first-order valence-corrected chi connectivity index (χ1v) is 9.04. The molecule has 0 saturated carbocycles. The Hall–Kier alpha value is -2.32. The first kappa shape index (κ1) is 15.6. The number of aryl methyl sites for hydroxylation is 1. The van der Waals surface area contributed by atoms with E-state index in [4.69, 9.17) is 9.26 Å². The first-order chi connectivity index (χ1) is 11.0. The third-order valence-corrected chi connectivity index (χ3v) is 5.91. The molecule has 8 heteroatoms. The second-order valence-electron chi connectivity index (χ2n) is 4.79. The molecular weight excluding hydrogens is 336 g/mol. The van der Waals surface area contributed by atoms with Crippen molar-refractivity contribution >= 4 is 27.0 Å². The van der Waals surface area contributed by atoms with Crippen molar-refractivity contribution in [1.82, 2.24) is 5.16 Å². The molecule has 0 fully saturated rings. The van der Waals surface area contributed by atoms with Gasteiger partial charge in [0.1, 0.15) is 9.96 Å². The van der Waals surface area contributed by atoms with E-state index in [1.165, 1.54) is 7.11 Å². The van der Waals surface area contributed by atoms with Crippen molar-refractivity contribution in [3.05, 3.63) is 47.5 Å². The molecule has 3 aromatic rings. The fraction of sp³-hybridized carbons (Fsp3) is 0.133. The number of methoxy groups -OCH3 is 1. The summed E-state index contributed by atoms with van der Waals surface area (Å²) >= 11 is 1.11. The van der Waals surface area contributed by atoms with Crippen molar-refractivity contribution < 1.29 is 17.7 Å². The van der Waals surface area contributed by atoms with Crippen molar-refractivity contribution in [1.29, 1.82) is 0 Å². The van der Waals surface area contributed by atoms with Gasteiger partial charge in [0.2, 0.25) is 0 Å². The molecule has 0 spiro atoms. The van der Waals surface area contributed by atoms with Crippen LogP contribution in [-0.4, -0.2) is 20.7 Å². The molecule has 2 heterocycles. The number of hydrogen-bond donors (Lipinski definition) is 1. The molecule has 0 amide bonds. The Morgan fingerprint density at radius 2 is 2.04 bits per heavy atom. The van der Waals surface area contributed by atoms with Gasteiger partial charge in [0.05, 0.1) is 18.5 Å². The number of sulfonamides is 1. The minimum absolute atomic E-state index is 0.187. The van der Waals surface area contributed by atoms with Gasteiger partial charge in [0, 0.05) is 17.0 Å². The summed E-state index contributed by atoms with van der Waals surface area (Å²) < 4.78 is 38.1. The number of ether oxygens (including phenoxy) is 1. The Kier molecular flexibility index (Phi) is 4.10. The fourth-order valence-electron chi connectivity index (χ4n) is 2.01. The smallest absolute Gasteiger partial charge is 0.271 e. The van der Waals surface area contributed by atoms with Gasteiger partial charge in [-0.15, -0.1) is 11.3 Å². The Bertz CT molecular complexity index is 928. The van der Waals surface area contributed by atoms with E-state index in [9.17, 15) is 8.42 Å². The summed E-state index contributed by atoms with van der Waals surface area (Å²) in [6.07, 6.45) is 0. The van der Waals surface area contributed by atoms with Crippen molar-refractivity contribution in [2.24, 2.45) is 0 Å². The molecule has 0 aliphatic carbocycles. The van der Waals surface area contributed by atoms with E-state index in [0.29, 0.717) is 22.8 Å². The maximum absolute atomic E-state index is 12.5. The fourth-order valence-corrected chi connectivity index (χ4v) is 4.25. The highest BCUT2D eigenvalue weighted by Crippen LogP contribution is 2.31. The van der Waals surface area contributed by atoms with Crippen LogP contribution in [0.4, 0.5) is 5.69 Å². The highest BCUT2D eigenvalue weighted by Gasteiger charge is 2.20. The molecule has 0 radical (unpaired) electrons. The van der Waals surface area contributed by atoms with Crippen LogP contribution >= 0.6 is 11.3 Å². The Balaban J connectivity index is 1.90. The number of benzene rings is 1. The zero-order valence-electron chi connectivity index (χ0n) is 12.4. The van der Waals surface area contributed by atoms with Crippen LogP contribution in [0.2, 0.25) is 0 Å². The van der Waals surface area contributed by atoms with Gasteiger partial charge >= 0.3 is 0 Å². The highest BCUT2D eigenvalue weighted by atomic mass is 32.2. The average Bonchev–Trinajstić information content (AvgIpc) is 3.16. The predicted molar refractivity (Wildman–Crippen MR) is 88.4 cm³/mol. The highest BCUT2D eigenvalue weighted by molar-refractivity contribution is 7.94. The minimum atomic E-state index is -3.70. The third kappa shape index (κ3) is 3.22. The molecule has 2 aromatic heterocycles. The van der Waals surface area contributed by atoms with E-state index >= 15 is 0 Å². The van der Waals surface area contributed by atoms with Gasteiger partial charge in [-0.3, -0.25) is 4.72 Å². The van der Waals surface area contributed by atoms with Gasteiger partial charge in [-0.25, -0.2) is 8.42 Å². The first-order valence-electron chi connectivity index (χ1n) is 6.67. The van der Waals surface area contributed by atoms with Crippen LogP contribution in [0.3, 0.4) is 0 Å². The molecule has 0 aliphatic heterocycles. The molecule has 0 bridgehead atoms. The number of thiophene rings is 1. The lowest BCUT2D eigenvalue weighted by atomic mass is 10.2. The maximum Gasteiger partial charge on any atom is 0.271 e. The van der Waals surface area contributed by atoms with Gasteiger partial charge in [-0.2, -0.15) is 0 Å². The molecule has 1 aromatic carbocycles. The summed E-state index contributed by atoms with van der Waals surface area (Å²) in [5.41, 5.74) is 1.80. The van der Waals surface area contributed by atoms with Crippen LogP contribution in [0, 0.1) is 6.92 Å². The third-order valence-electron chi connectivity index (χ3n) is 3.10. The normalized spacial score (nSPS) is 11.4. The zero-order chi connectivity index (χ0) is 16.4. The van der Waals surface area contributed by atoms with E-state index in [1.54, 1.807) is 48.7 Å². The number of hydrogen-bond acceptors (Lipinski definition) is 6. The van der Waals surface area contributed by atoms with Crippen LogP contribution in [0.5, 0.6) is 5.75 Å². The van der Waals surface area contributed by atoms with E-state index in [1.807, 2.05) is 0 Å². The quantitative estimate of drug-likeness (QED) is 0.761. The summed E-state index contributed by atoms with van der Waals surface area (Å²) in [4.78, 5) is 0. The van der Waals surface area contributed by atoms with Gasteiger partial charge < -0.3 is 9.26 Å². The van der Waals surface area contributed by atoms with Gasteiger partial charge in [0.25, 0.3) is 10.0 Å². The number of nitrogens with one attached hydrogen (secondary N) is 1. The molecular formula is C15H14N2O4S2. The molecule has 0 unspecified atom stereocenters. The van der Waals surface area contributed by atoms with Gasteiger partial charge in [0.15, 0.2) is 5.76 Å². The number of rotatable bonds is 5. The van der Waals surface area contributed by atoms with E-state index in [-0.39, 0.29) is 4.21 Å². The number of nitrogens with zero attached hydrogens (tertiary/aromatic N) is 1. The summed E-state index contributed by atoms with van der Waals surface area (Å²) in [5.74, 6) is 0.996. The number of aromatic nitrogens is 1. The Morgan fingerprint density at radius 3 is 2.74 bits per heavy atom. The standard InChI is InChI=1S/C15H14N2O4S2/c1-10-7-14(21-16-10)11-8-15(22-9-11)23(18,19)17-12-5-3-4-6-13(12)20-2/h3-9,17H,1-2H3. The lowest BCUT2D eigenvalue weighted by molar-refractivity contribution is 0.417. The van der Waals surface area contributed by atoms with Crippen LogP contribution in [-0.2, 0) is 10.0 Å². The zero-order valence-corrected chi connectivity index (χ0v) is 14.1. The lowest BCUT2D eigenvalue weighted by Gasteiger charge is -2.10. The topological polar surface area (TPSA) is 81.4 Å².